The van der Waals surface area contributed by atoms with Gasteiger partial charge in [0.15, 0.2) is 0 Å². The Morgan fingerprint density at radius 1 is 0.857 bits per heavy atom. The smallest absolute Gasteiger partial charge is 0.319 e. The molecule has 4 heteroatoms. The second-order valence-electron chi connectivity index (χ2n) is 5.95. The first kappa shape index (κ1) is 20.8. The van der Waals surface area contributed by atoms with Crippen LogP contribution in [-0.4, -0.2) is 16.3 Å². The number of halogens is 1. The number of hydrogen-bond acceptors (Lipinski definition) is 2. The molecule has 0 fully saturated rings. The summed E-state index contributed by atoms with van der Waals surface area (Å²) < 4.78 is 12.3. The molecule has 0 amide bonds. The second-order valence-corrected chi connectivity index (χ2v) is 6.69. The highest BCUT2D eigenvalue weighted by molar-refractivity contribution is 7.95. The van der Waals surface area contributed by atoms with Crippen LogP contribution in [0.4, 0.5) is 3.89 Å². The fourth-order valence-corrected chi connectivity index (χ4v) is 2.89. The molecule has 0 radical (unpaired) electrons. The number of carbonyl (C=O) groups is 1. The van der Waals surface area contributed by atoms with Gasteiger partial charge in [-0.3, -0.25) is 4.79 Å². The topological polar surface area (TPSA) is 37.3 Å². The SMILES string of the molecule is CCCCCCCCCCCCCCCC(SF)C(=O)O. The lowest BCUT2D eigenvalue weighted by molar-refractivity contribution is -0.136. The van der Waals surface area contributed by atoms with Crippen LogP contribution >= 0.6 is 12.1 Å². The maximum atomic E-state index is 12.3. The maximum absolute atomic E-state index is 12.3. The minimum absolute atomic E-state index is 0.0373. The fourth-order valence-electron chi connectivity index (χ4n) is 2.55. The Balaban J connectivity index is 3.14. The van der Waals surface area contributed by atoms with Crippen LogP contribution < -0.4 is 0 Å². The quantitative estimate of drug-likeness (QED) is 0.328. The molecule has 0 saturated heterocycles. The van der Waals surface area contributed by atoms with Crippen molar-refractivity contribution in [3.05, 3.63) is 0 Å². The van der Waals surface area contributed by atoms with Crippen molar-refractivity contribution in [1.82, 2.24) is 0 Å². The van der Waals surface area contributed by atoms with Gasteiger partial charge in [-0.1, -0.05) is 90.4 Å². The van der Waals surface area contributed by atoms with Gasteiger partial charge in [-0.25, -0.2) is 0 Å². The largest absolute Gasteiger partial charge is 0.480 e. The molecule has 0 rings (SSSR count). The van der Waals surface area contributed by atoms with Crippen LogP contribution in [0.15, 0.2) is 0 Å². The summed E-state index contributed by atoms with van der Waals surface area (Å²) >= 11 is -0.0373. The number of carboxylic acid groups (broad SMARTS) is 1. The number of aliphatic carboxylic acids is 1. The van der Waals surface area contributed by atoms with Crippen molar-refractivity contribution < 1.29 is 13.8 Å². The summed E-state index contributed by atoms with van der Waals surface area (Å²) in [7, 11) is 0. The van der Waals surface area contributed by atoms with Crippen molar-refractivity contribution in [2.75, 3.05) is 0 Å². The minimum Gasteiger partial charge on any atom is -0.480 e. The number of rotatable bonds is 16. The van der Waals surface area contributed by atoms with Crippen molar-refractivity contribution in [2.45, 2.75) is 102 Å². The van der Waals surface area contributed by atoms with Crippen LogP contribution in [0.25, 0.3) is 0 Å². The Hall–Kier alpha value is -0.250. The normalized spacial score (nSPS) is 12.5. The summed E-state index contributed by atoms with van der Waals surface area (Å²) in [6.45, 7) is 2.25. The lowest BCUT2D eigenvalue weighted by Crippen LogP contribution is -2.14. The molecule has 0 aromatic carbocycles. The van der Waals surface area contributed by atoms with Gasteiger partial charge in [0.1, 0.15) is 5.25 Å². The average molecular weight is 321 g/mol. The van der Waals surface area contributed by atoms with Crippen molar-refractivity contribution in [2.24, 2.45) is 0 Å². The molecule has 0 saturated carbocycles. The van der Waals surface area contributed by atoms with Crippen LogP contribution in [0, 0.1) is 0 Å². The summed E-state index contributed by atoms with van der Waals surface area (Å²) in [5, 5.41) is 7.84. The van der Waals surface area contributed by atoms with Crippen molar-refractivity contribution in [3.63, 3.8) is 0 Å². The van der Waals surface area contributed by atoms with E-state index >= 15 is 0 Å². The first-order valence-electron chi connectivity index (χ1n) is 8.72. The molecule has 0 aromatic heterocycles. The number of carboxylic acids is 1. The highest BCUT2D eigenvalue weighted by atomic mass is 32.2. The fraction of sp³-hybridized carbons (Fsp3) is 0.941. The lowest BCUT2D eigenvalue weighted by Gasteiger charge is -2.06. The van der Waals surface area contributed by atoms with E-state index in [4.69, 9.17) is 5.11 Å². The van der Waals surface area contributed by atoms with Gasteiger partial charge in [0.05, 0.1) is 12.1 Å². The third-order valence-electron chi connectivity index (χ3n) is 3.95. The predicted molar refractivity (Wildman–Crippen MR) is 90.4 cm³/mol. The summed E-state index contributed by atoms with van der Waals surface area (Å²) in [4.78, 5) is 10.6. The van der Waals surface area contributed by atoms with Crippen molar-refractivity contribution in [1.29, 1.82) is 0 Å². The van der Waals surface area contributed by atoms with Gasteiger partial charge in [0.25, 0.3) is 0 Å². The molecule has 0 aromatic rings. The predicted octanol–water partition coefficient (Wildman–Crippen LogP) is 6.54. The molecule has 0 aliphatic rings. The Kier molecular flexibility index (Phi) is 15.9. The molecule has 21 heavy (non-hydrogen) atoms. The molecule has 0 aliphatic carbocycles. The molecule has 0 aliphatic heterocycles. The van der Waals surface area contributed by atoms with Crippen LogP contribution in [0.2, 0.25) is 0 Å². The summed E-state index contributed by atoms with van der Waals surface area (Å²) in [5.41, 5.74) is 0. The molecule has 0 bridgehead atoms. The third kappa shape index (κ3) is 14.5. The zero-order valence-corrected chi connectivity index (χ0v) is 14.4. The zero-order chi connectivity index (χ0) is 15.8. The Labute approximate surface area is 134 Å². The minimum atomic E-state index is -1.03. The van der Waals surface area contributed by atoms with Gasteiger partial charge in [0.2, 0.25) is 0 Å². The molecule has 126 valence electrons. The van der Waals surface area contributed by atoms with E-state index in [0.717, 1.165) is 19.3 Å². The molecule has 1 unspecified atom stereocenters. The van der Waals surface area contributed by atoms with E-state index in [1.165, 1.54) is 64.2 Å². The maximum Gasteiger partial charge on any atom is 0.319 e. The molecule has 0 spiro atoms. The summed E-state index contributed by atoms with van der Waals surface area (Å²) in [6.07, 6.45) is 16.9. The van der Waals surface area contributed by atoms with Gasteiger partial charge in [0, 0.05) is 0 Å². The van der Waals surface area contributed by atoms with E-state index in [1.54, 1.807) is 0 Å². The van der Waals surface area contributed by atoms with Crippen LogP contribution in [0.3, 0.4) is 0 Å². The van der Waals surface area contributed by atoms with E-state index < -0.39 is 11.2 Å². The Morgan fingerprint density at radius 2 is 1.24 bits per heavy atom. The standard InChI is InChI=1S/C17H33FO2S/c1-2-3-4-5-6-7-8-9-10-11-12-13-14-15-16(21-18)17(19)20/h16H,2-15H2,1H3,(H,19,20). The van der Waals surface area contributed by atoms with E-state index in [0.29, 0.717) is 6.42 Å². The first-order valence-corrected chi connectivity index (χ1v) is 9.50. The number of hydrogen-bond donors (Lipinski definition) is 1. The molecular formula is C17H33FO2S. The molecule has 1 N–H and O–H groups in total. The zero-order valence-electron chi connectivity index (χ0n) is 13.6. The summed E-state index contributed by atoms with van der Waals surface area (Å²) in [5.74, 6) is -1.03. The molecule has 2 nitrogen and oxygen atoms in total. The van der Waals surface area contributed by atoms with Crippen molar-refractivity contribution in [3.8, 4) is 0 Å². The highest BCUT2D eigenvalue weighted by Gasteiger charge is 2.17. The van der Waals surface area contributed by atoms with Crippen LogP contribution in [0.1, 0.15) is 96.8 Å². The van der Waals surface area contributed by atoms with Gasteiger partial charge in [-0.2, -0.15) is 3.89 Å². The third-order valence-corrected chi connectivity index (χ3v) is 4.61. The van der Waals surface area contributed by atoms with E-state index in [1.807, 2.05) is 0 Å². The van der Waals surface area contributed by atoms with Gasteiger partial charge in [-0.15, -0.1) is 0 Å². The molecular weight excluding hydrogens is 287 g/mol. The van der Waals surface area contributed by atoms with E-state index in [9.17, 15) is 8.68 Å². The van der Waals surface area contributed by atoms with E-state index in [-0.39, 0.29) is 12.1 Å². The molecule has 0 heterocycles. The van der Waals surface area contributed by atoms with Crippen LogP contribution in [-0.2, 0) is 4.79 Å². The van der Waals surface area contributed by atoms with Crippen molar-refractivity contribution >= 4 is 18.1 Å². The van der Waals surface area contributed by atoms with E-state index in [2.05, 4.69) is 6.92 Å². The first-order chi connectivity index (χ1) is 10.2. The second kappa shape index (κ2) is 16.1. The van der Waals surface area contributed by atoms with Gasteiger partial charge >= 0.3 is 5.97 Å². The molecule has 1 atom stereocenters. The lowest BCUT2D eigenvalue weighted by atomic mass is 10.0. The monoisotopic (exact) mass is 320 g/mol. The average Bonchev–Trinajstić information content (AvgIpc) is 2.47. The van der Waals surface area contributed by atoms with Gasteiger partial charge < -0.3 is 5.11 Å². The Morgan fingerprint density at radius 3 is 1.57 bits per heavy atom. The summed E-state index contributed by atoms with van der Waals surface area (Å²) in [6, 6.07) is 0. The number of unbranched alkanes of at least 4 members (excludes halogenated alkanes) is 12. The highest BCUT2D eigenvalue weighted by Crippen LogP contribution is 2.19. The van der Waals surface area contributed by atoms with Gasteiger partial charge in [-0.05, 0) is 6.42 Å². The Bertz CT molecular complexity index is 237. The van der Waals surface area contributed by atoms with Crippen LogP contribution in [0.5, 0.6) is 0 Å².